The number of benzene rings is 1. The van der Waals surface area contributed by atoms with Crippen molar-refractivity contribution in [2.24, 2.45) is 11.8 Å². The van der Waals surface area contributed by atoms with Gasteiger partial charge in [0, 0.05) is 11.6 Å². The predicted octanol–water partition coefficient (Wildman–Crippen LogP) is 2.88. The fourth-order valence-corrected chi connectivity index (χ4v) is 4.72. The lowest BCUT2D eigenvalue weighted by atomic mass is 9.99. The third-order valence-electron chi connectivity index (χ3n) is 5.18. The number of likely N-dealkylation sites (tertiary alicyclic amines) is 1. The van der Waals surface area contributed by atoms with Gasteiger partial charge in [0.25, 0.3) is 0 Å². The Balaban J connectivity index is 1.85. The van der Waals surface area contributed by atoms with Crippen LogP contribution < -0.4 is 10.0 Å². The number of hydrogen-bond acceptors (Lipinski definition) is 4. The Morgan fingerprint density at radius 2 is 1.82 bits per heavy atom. The van der Waals surface area contributed by atoms with Gasteiger partial charge in [-0.1, -0.05) is 32.4 Å². The van der Waals surface area contributed by atoms with Gasteiger partial charge in [0.1, 0.15) is 6.04 Å². The van der Waals surface area contributed by atoms with Crippen LogP contribution in [0.2, 0.25) is 5.02 Å². The first-order chi connectivity index (χ1) is 13.2. The van der Waals surface area contributed by atoms with E-state index < -0.39 is 16.1 Å². The molecule has 1 atom stereocenters. The standard InChI is InChI=1S/C20H32ClN3O3S/c1-15(2)19(23-28(26,27)18-7-5-17(21)6-8-18)20(25)22-11-4-12-24-13-9-16(3)10-14-24/h5-8,15-16,19,23H,4,9-14H2,1-3H3,(H,22,25)/t19-/m1/s1. The number of rotatable bonds is 9. The number of halogens is 1. The second kappa shape index (κ2) is 10.6. The Labute approximate surface area is 174 Å². The number of amides is 1. The van der Waals surface area contributed by atoms with Crippen molar-refractivity contribution in [1.82, 2.24) is 14.9 Å². The number of nitrogens with one attached hydrogen (secondary N) is 2. The minimum absolute atomic E-state index is 0.0923. The molecule has 1 amide bonds. The van der Waals surface area contributed by atoms with Gasteiger partial charge in [-0.25, -0.2) is 8.42 Å². The lowest BCUT2D eigenvalue weighted by molar-refractivity contribution is -0.123. The molecule has 0 unspecified atom stereocenters. The van der Waals surface area contributed by atoms with Crippen molar-refractivity contribution in [1.29, 1.82) is 0 Å². The molecule has 1 aliphatic heterocycles. The van der Waals surface area contributed by atoms with Crippen LogP contribution in [0.3, 0.4) is 0 Å². The summed E-state index contributed by atoms with van der Waals surface area (Å²) in [5.74, 6) is 0.335. The molecule has 6 nitrogen and oxygen atoms in total. The summed E-state index contributed by atoms with van der Waals surface area (Å²) in [7, 11) is -3.80. The van der Waals surface area contributed by atoms with Gasteiger partial charge < -0.3 is 10.2 Å². The average molecular weight is 430 g/mol. The Hall–Kier alpha value is -1.15. The summed E-state index contributed by atoms with van der Waals surface area (Å²) < 4.78 is 27.7. The largest absolute Gasteiger partial charge is 0.355 e. The maximum Gasteiger partial charge on any atom is 0.241 e. The van der Waals surface area contributed by atoms with E-state index >= 15 is 0 Å². The molecule has 1 fully saturated rings. The van der Waals surface area contributed by atoms with Crippen molar-refractivity contribution in [2.45, 2.75) is 51.0 Å². The molecule has 8 heteroatoms. The van der Waals surface area contributed by atoms with E-state index in [-0.39, 0.29) is 16.7 Å². The topological polar surface area (TPSA) is 78.5 Å². The normalized spacial score (nSPS) is 17.6. The van der Waals surface area contributed by atoms with Crippen molar-refractivity contribution >= 4 is 27.5 Å². The van der Waals surface area contributed by atoms with Gasteiger partial charge in [-0.3, -0.25) is 4.79 Å². The van der Waals surface area contributed by atoms with E-state index in [1.165, 1.54) is 37.1 Å². The molecule has 0 aliphatic carbocycles. The quantitative estimate of drug-likeness (QED) is 0.591. The van der Waals surface area contributed by atoms with E-state index in [4.69, 9.17) is 11.6 Å². The van der Waals surface area contributed by atoms with Crippen LogP contribution in [0.4, 0.5) is 0 Å². The summed E-state index contributed by atoms with van der Waals surface area (Å²) in [5.41, 5.74) is 0. The molecule has 0 radical (unpaired) electrons. The van der Waals surface area contributed by atoms with Crippen LogP contribution in [0.5, 0.6) is 0 Å². The van der Waals surface area contributed by atoms with E-state index in [0.29, 0.717) is 11.6 Å². The molecule has 1 aliphatic rings. The Kier molecular flexibility index (Phi) is 8.74. The number of hydrogen-bond donors (Lipinski definition) is 2. The number of carbonyl (C=O) groups excluding carboxylic acids is 1. The number of carbonyl (C=O) groups is 1. The predicted molar refractivity (Wildman–Crippen MR) is 113 cm³/mol. The van der Waals surface area contributed by atoms with Crippen molar-refractivity contribution in [3.63, 3.8) is 0 Å². The third kappa shape index (κ3) is 7.03. The maximum atomic E-state index is 12.6. The highest BCUT2D eigenvalue weighted by Crippen LogP contribution is 2.17. The number of nitrogens with zero attached hydrogens (tertiary/aromatic N) is 1. The Bertz CT molecular complexity index is 730. The van der Waals surface area contributed by atoms with Gasteiger partial charge >= 0.3 is 0 Å². The zero-order valence-corrected chi connectivity index (χ0v) is 18.5. The highest BCUT2D eigenvalue weighted by atomic mass is 35.5. The van der Waals surface area contributed by atoms with E-state index in [9.17, 15) is 13.2 Å². The summed E-state index contributed by atoms with van der Waals surface area (Å²) in [5, 5.41) is 3.34. The minimum atomic E-state index is -3.80. The van der Waals surface area contributed by atoms with Gasteiger partial charge in [0.2, 0.25) is 15.9 Å². The van der Waals surface area contributed by atoms with Crippen LogP contribution >= 0.6 is 11.6 Å². The van der Waals surface area contributed by atoms with Crippen LogP contribution in [-0.2, 0) is 14.8 Å². The monoisotopic (exact) mass is 429 g/mol. The lowest BCUT2D eigenvalue weighted by Crippen LogP contribution is -2.50. The molecule has 0 bridgehead atoms. The molecule has 1 aromatic rings. The van der Waals surface area contributed by atoms with Gasteiger partial charge in [0.05, 0.1) is 4.90 Å². The van der Waals surface area contributed by atoms with Crippen molar-refractivity contribution in [3.05, 3.63) is 29.3 Å². The molecule has 1 aromatic carbocycles. The average Bonchev–Trinajstić information content (AvgIpc) is 2.64. The lowest BCUT2D eigenvalue weighted by Gasteiger charge is -2.30. The van der Waals surface area contributed by atoms with Crippen LogP contribution in [0.1, 0.15) is 40.0 Å². The fraction of sp³-hybridized carbons (Fsp3) is 0.650. The second-order valence-corrected chi connectivity index (χ2v) is 10.1. The van der Waals surface area contributed by atoms with Gasteiger partial charge in [0.15, 0.2) is 0 Å². The highest BCUT2D eigenvalue weighted by molar-refractivity contribution is 7.89. The molecule has 0 spiro atoms. The second-order valence-electron chi connectivity index (χ2n) is 7.97. The first-order valence-corrected chi connectivity index (χ1v) is 11.8. The van der Waals surface area contributed by atoms with Crippen LogP contribution in [0.15, 0.2) is 29.2 Å². The summed E-state index contributed by atoms with van der Waals surface area (Å²) in [4.78, 5) is 15.1. The van der Waals surface area contributed by atoms with Crippen LogP contribution in [-0.4, -0.2) is 51.4 Å². The first kappa shape index (κ1) is 23.1. The summed E-state index contributed by atoms with van der Waals surface area (Å²) in [6.07, 6.45) is 3.32. The third-order valence-corrected chi connectivity index (χ3v) is 6.89. The SMILES string of the molecule is CC1CCN(CCCNC(=O)[C@H](NS(=O)(=O)c2ccc(Cl)cc2)C(C)C)CC1. The molecule has 0 aromatic heterocycles. The van der Waals surface area contributed by atoms with Crippen LogP contribution in [0, 0.1) is 11.8 Å². The van der Waals surface area contributed by atoms with E-state index in [1.807, 2.05) is 13.8 Å². The van der Waals surface area contributed by atoms with Crippen molar-refractivity contribution in [3.8, 4) is 0 Å². The summed E-state index contributed by atoms with van der Waals surface area (Å²) in [6, 6.07) is 5.07. The molecule has 0 saturated carbocycles. The summed E-state index contributed by atoms with van der Waals surface area (Å²) in [6.45, 7) is 9.66. The molecule has 158 valence electrons. The molecule has 2 rings (SSSR count). The zero-order chi connectivity index (χ0) is 20.7. The Morgan fingerprint density at radius 1 is 1.21 bits per heavy atom. The van der Waals surface area contributed by atoms with Gasteiger partial charge in [-0.05, 0) is 75.0 Å². The zero-order valence-electron chi connectivity index (χ0n) is 16.9. The molecular weight excluding hydrogens is 398 g/mol. The summed E-state index contributed by atoms with van der Waals surface area (Å²) >= 11 is 5.82. The maximum absolute atomic E-state index is 12.6. The van der Waals surface area contributed by atoms with E-state index in [0.717, 1.165) is 32.0 Å². The molecule has 2 N–H and O–H groups in total. The van der Waals surface area contributed by atoms with Gasteiger partial charge in [-0.2, -0.15) is 4.72 Å². The Morgan fingerprint density at radius 3 is 2.39 bits per heavy atom. The van der Waals surface area contributed by atoms with E-state index in [2.05, 4.69) is 21.9 Å². The van der Waals surface area contributed by atoms with Crippen molar-refractivity contribution in [2.75, 3.05) is 26.2 Å². The van der Waals surface area contributed by atoms with Crippen LogP contribution in [0.25, 0.3) is 0 Å². The van der Waals surface area contributed by atoms with Crippen molar-refractivity contribution < 1.29 is 13.2 Å². The van der Waals surface area contributed by atoms with Gasteiger partial charge in [-0.15, -0.1) is 0 Å². The number of piperidine rings is 1. The molecule has 1 heterocycles. The van der Waals surface area contributed by atoms with E-state index in [1.54, 1.807) is 0 Å². The molecule has 28 heavy (non-hydrogen) atoms. The highest BCUT2D eigenvalue weighted by Gasteiger charge is 2.28. The fourth-order valence-electron chi connectivity index (χ4n) is 3.25. The molecule has 1 saturated heterocycles. The smallest absolute Gasteiger partial charge is 0.241 e. The number of sulfonamides is 1. The minimum Gasteiger partial charge on any atom is -0.355 e. The first-order valence-electron chi connectivity index (χ1n) is 9.97. The molecular formula is C20H32ClN3O3S.